The third-order valence-electron chi connectivity index (χ3n) is 1.64. The third kappa shape index (κ3) is 2.23. The number of terminal acetylenes is 1. The molecule has 0 aliphatic rings. The van der Waals surface area contributed by atoms with Crippen LogP contribution in [0.4, 0.5) is 8.78 Å². The van der Waals surface area contributed by atoms with Crippen LogP contribution in [0.2, 0.25) is 0 Å². The van der Waals surface area contributed by atoms with E-state index in [1.807, 2.05) is 12.8 Å². The van der Waals surface area contributed by atoms with Gasteiger partial charge in [-0.15, -0.1) is 6.42 Å². The van der Waals surface area contributed by atoms with E-state index in [0.717, 1.165) is 18.6 Å². The van der Waals surface area contributed by atoms with Gasteiger partial charge >= 0.3 is 0 Å². The Morgan fingerprint density at radius 1 is 1.36 bits per heavy atom. The average molecular weight is 196 g/mol. The van der Waals surface area contributed by atoms with Crippen molar-refractivity contribution in [3.63, 3.8) is 0 Å². The van der Waals surface area contributed by atoms with Gasteiger partial charge in [0.05, 0.1) is 12.2 Å². The van der Waals surface area contributed by atoms with Crippen LogP contribution in [0.3, 0.4) is 0 Å². The molecule has 1 nitrogen and oxygen atoms in total. The van der Waals surface area contributed by atoms with Crippen LogP contribution < -0.4 is 4.74 Å². The van der Waals surface area contributed by atoms with Crippen molar-refractivity contribution >= 4 is 0 Å². The van der Waals surface area contributed by atoms with E-state index in [2.05, 4.69) is 0 Å². The summed E-state index contributed by atoms with van der Waals surface area (Å²) >= 11 is 0. The first-order valence-corrected chi connectivity index (χ1v) is 4.27. The Morgan fingerprint density at radius 3 is 2.64 bits per heavy atom. The molecule has 0 aromatic heterocycles. The molecule has 0 aliphatic heterocycles. The topological polar surface area (TPSA) is 9.23 Å². The highest BCUT2D eigenvalue weighted by Gasteiger charge is 2.08. The summed E-state index contributed by atoms with van der Waals surface area (Å²) in [6, 6.07) is 1.93. The molecule has 3 heteroatoms. The van der Waals surface area contributed by atoms with Crippen LogP contribution in [0.5, 0.6) is 5.75 Å². The Hall–Kier alpha value is -1.56. The maximum Gasteiger partial charge on any atom is 0.166 e. The predicted octanol–water partition coefficient (Wildman–Crippen LogP) is 2.73. The quantitative estimate of drug-likeness (QED) is 0.675. The zero-order chi connectivity index (χ0) is 10.6. The Balaban J connectivity index is 2.98. The molecule has 0 atom stereocenters. The molecular formula is C11H10F2O. The Bertz CT molecular complexity index is 366. The normalized spacial score (nSPS) is 9.57. The second-order valence-corrected chi connectivity index (χ2v) is 2.76. The molecule has 0 saturated heterocycles. The van der Waals surface area contributed by atoms with Crippen LogP contribution >= 0.6 is 0 Å². The van der Waals surface area contributed by atoms with Gasteiger partial charge in [-0.2, -0.15) is 0 Å². The van der Waals surface area contributed by atoms with E-state index in [0.29, 0.717) is 6.61 Å². The third-order valence-corrected chi connectivity index (χ3v) is 1.64. The van der Waals surface area contributed by atoms with Crippen LogP contribution in [0.1, 0.15) is 18.9 Å². The number of hydrogen-bond acceptors (Lipinski definition) is 1. The van der Waals surface area contributed by atoms with Gasteiger partial charge < -0.3 is 4.74 Å². The molecular weight excluding hydrogens is 186 g/mol. The van der Waals surface area contributed by atoms with E-state index < -0.39 is 11.6 Å². The minimum atomic E-state index is -0.639. The molecule has 0 saturated carbocycles. The summed E-state index contributed by atoms with van der Waals surface area (Å²) in [5, 5.41) is 0. The van der Waals surface area contributed by atoms with Gasteiger partial charge in [-0.05, 0) is 12.5 Å². The van der Waals surface area contributed by atoms with Crippen molar-refractivity contribution in [1.29, 1.82) is 0 Å². The lowest BCUT2D eigenvalue weighted by molar-refractivity contribution is 0.299. The van der Waals surface area contributed by atoms with Gasteiger partial charge in [0.1, 0.15) is 5.82 Å². The Morgan fingerprint density at radius 2 is 2.07 bits per heavy atom. The summed E-state index contributed by atoms with van der Waals surface area (Å²) in [6.45, 7) is 2.23. The summed E-state index contributed by atoms with van der Waals surface area (Å²) in [5.74, 6) is 0.684. The zero-order valence-corrected chi connectivity index (χ0v) is 7.81. The largest absolute Gasteiger partial charge is 0.490 e. The van der Waals surface area contributed by atoms with E-state index in [-0.39, 0.29) is 11.3 Å². The second kappa shape index (κ2) is 4.61. The summed E-state index contributed by atoms with van der Waals surface area (Å²) in [5.41, 5.74) is -0.0913. The molecule has 74 valence electrons. The molecule has 0 fully saturated rings. The minimum absolute atomic E-state index is 0.0913. The molecule has 0 amide bonds. The molecule has 1 aromatic carbocycles. The molecule has 0 bridgehead atoms. The Labute approximate surface area is 81.7 Å². The highest BCUT2D eigenvalue weighted by atomic mass is 19.1. The second-order valence-electron chi connectivity index (χ2n) is 2.76. The molecule has 0 heterocycles. The van der Waals surface area contributed by atoms with Crippen molar-refractivity contribution < 1.29 is 13.5 Å². The average Bonchev–Trinajstić information content (AvgIpc) is 2.18. The number of rotatable bonds is 3. The smallest absolute Gasteiger partial charge is 0.166 e. The summed E-state index contributed by atoms with van der Waals surface area (Å²) in [4.78, 5) is 0. The van der Waals surface area contributed by atoms with Crippen molar-refractivity contribution in [2.75, 3.05) is 6.61 Å². The minimum Gasteiger partial charge on any atom is -0.490 e. The first-order chi connectivity index (χ1) is 6.69. The van der Waals surface area contributed by atoms with E-state index in [1.54, 1.807) is 0 Å². The number of benzene rings is 1. The SMILES string of the molecule is C#Cc1cc(F)c(OCCC)cc1F. The molecule has 0 unspecified atom stereocenters. The van der Waals surface area contributed by atoms with Crippen molar-refractivity contribution in [3.05, 3.63) is 29.3 Å². The lowest BCUT2D eigenvalue weighted by Crippen LogP contribution is -1.99. The van der Waals surface area contributed by atoms with Crippen LogP contribution in [0, 0.1) is 24.0 Å². The van der Waals surface area contributed by atoms with Crippen molar-refractivity contribution in [2.45, 2.75) is 13.3 Å². The van der Waals surface area contributed by atoms with Gasteiger partial charge in [-0.25, -0.2) is 8.78 Å². The monoisotopic (exact) mass is 196 g/mol. The molecule has 0 N–H and O–H groups in total. The highest BCUT2D eigenvalue weighted by Crippen LogP contribution is 2.21. The van der Waals surface area contributed by atoms with Gasteiger partial charge in [0.25, 0.3) is 0 Å². The van der Waals surface area contributed by atoms with Gasteiger partial charge in [0.15, 0.2) is 11.6 Å². The first-order valence-electron chi connectivity index (χ1n) is 4.27. The lowest BCUT2D eigenvalue weighted by Gasteiger charge is -2.06. The lowest BCUT2D eigenvalue weighted by atomic mass is 10.2. The molecule has 1 rings (SSSR count). The van der Waals surface area contributed by atoms with Crippen LogP contribution in [0.15, 0.2) is 12.1 Å². The first kappa shape index (κ1) is 10.5. The van der Waals surface area contributed by atoms with Crippen LogP contribution in [0.25, 0.3) is 0 Å². The van der Waals surface area contributed by atoms with E-state index in [9.17, 15) is 8.78 Å². The standard InChI is InChI=1S/C11H10F2O/c1-3-5-14-11-7-9(12)8(4-2)6-10(11)13/h2,6-7H,3,5H2,1H3. The molecule has 14 heavy (non-hydrogen) atoms. The fourth-order valence-corrected chi connectivity index (χ4v) is 0.962. The maximum absolute atomic E-state index is 13.2. The zero-order valence-electron chi connectivity index (χ0n) is 7.81. The van der Waals surface area contributed by atoms with Crippen molar-refractivity contribution in [3.8, 4) is 18.1 Å². The summed E-state index contributed by atoms with van der Waals surface area (Å²) < 4.78 is 31.2. The molecule has 0 spiro atoms. The highest BCUT2D eigenvalue weighted by molar-refractivity contribution is 5.39. The van der Waals surface area contributed by atoms with Gasteiger partial charge in [0, 0.05) is 6.07 Å². The maximum atomic E-state index is 13.2. The fraction of sp³-hybridized carbons (Fsp3) is 0.273. The number of halogens is 2. The van der Waals surface area contributed by atoms with E-state index in [4.69, 9.17) is 11.2 Å². The fourth-order valence-electron chi connectivity index (χ4n) is 0.962. The van der Waals surface area contributed by atoms with Gasteiger partial charge in [-0.3, -0.25) is 0 Å². The molecule has 0 radical (unpaired) electrons. The van der Waals surface area contributed by atoms with Gasteiger partial charge in [-0.1, -0.05) is 12.8 Å². The van der Waals surface area contributed by atoms with E-state index in [1.165, 1.54) is 0 Å². The predicted molar refractivity (Wildman–Crippen MR) is 50.1 cm³/mol. The van der Waals surface area contributed by atoms with Crippen molar-refractivity contribution in [2.24, 2.45) is 0 Å². The number of hydrogen-bond donors (Lipinski definition) is 0. The van der Waals surface area contributed by atoms with Crippen LogP contribution in [-0.4, -0.2) is 6.61 Å². The summed E-state index contributed by atoms with van der Waals surface area (Å²) in [6.07, 6.45) is 5.71. The van der Waals surface area contributed by atoms with E-state index >= 15 is 0 Å². The Kier molecular flexibility index (Phi) is 3.47. The summed E-state index contributed by atoms with van der Waals surface area (Å²) in [7, 11) is 0. The molecule has 1 aromatic rings. The van der Waals surface area contributed by atoms with Gasteiger partial charge in [0.2, 0.25) is 0 Å². The number of ether oxygens (including phenoxy) is 1. The van der Waals surface area contributed by atoms with Crippen molar-refractivity contribution in [1.82, 2.24) is 0 Å². The molecule has 0 aliphatic carbocycles. The van der Waals surface area contributed by atoms with Crippen LogP contribution in [-0.2, 0) is 0 Å².